The molecule has 0 fully saturated rings. The monoisotopic (exact) mass is 402 g/mol. The molecule has 7 nitrogen and oxygen atoms in total. The molecular formula is C15H31BrO7. The van der Waals surface area contributed by atoms with Crippen molar-refractivity contribution in [2.45, 2.75) is 83.5 Å². The summed E-state index contributed by atoms with van der Waals surface area (Å²) in [6.07, 6.45) is 16.7. The van der Waals surface area contributed by atoms with Gasteiger partial charge in [-0.15, -0.1) is 0 Å². The first kappa shape index (κ1) is 23.2. The van der Waals surface area contributed by atoms with E-state index in [0.717, 1.165) is 18.2 Å². The Morgan fingerprint density at radius 1 is 0.522 bits per heavy atom. The van der Waals surface area contributed by atoms with E-state index in [2.05, 4.69) is 46.0 Å². The van der Waals surface area contributed by atoms with E-state index in [1.54, 1.807) is 0 Å². The Labute approximate surface area is 147 Å². The number of hydrogen-bond donors (Lipinski definition) is 1. The molecule has 0 aliphatic carbocycles. The minimum Gasteiger partial charge on any atom is -0.219 e. The van der Waals surface area contributed by atoms with Gasteiger partial charge in [-0.3, -0.25) is 0 Å². The first-order valence-corrected chi connectivity index (χ1v) is 9.69. The van der Waals surface area contributed by atoms with Crippen LogP contribution in [-0.2, 0) is 30.1 Å². The maximum Gasteiger partial charge on any atom is 0.0855 e. The highest BCUT2D eigenvalue weighted by Gasteiger charge is 1.96. The predicted octanol–water partition coefficient (Wildman–Crippen LogP) is 5.60. The number of halogens is 1. The van der Waals surface area contributed by atoms with Crippen LogP contribution < -0.4 is 0 Å². The first-order chi connectivity index (χ1) is 11.4. The zero-order valence-electron chi connectivity index (χ0n) is 13.9. The van der Waals surface area contributed by atoms with Crippen molar-refractivity contribution in [1.82, 2.24) is 0 Å². The summed E-state index contributed by atoms with van der Waals surface area (Å²) in [5.74, 6) is 0. The van der Waals surface area contributed by atoms with Crippen LogP contribution in [0.25, 0.3) is 0 Å². The van der Waals surface area contributed by atoms with Gasteiger partial charge in [0.1, 0.15) is 0 Å². The highest BCUT2D eigenvalue weighted by molar-refractivity contribution is 9.09. The van der Waals surface area contributed by atoms with Crippen molar-refractivity contribution in [3.05, 3.63) is 0 Å². The maximum atomic E-state index is 7.68. The number of rotatable bonds is 20. The van der Waals surface area contributed by atoms with Crippen molar-refractivity contribution in [2.75, 3.05) is 11.9 Å². The van der Waals surface area contributed by atoms with Gasteiger partial charge in [-0.1, -0.05) is 86.6 Å². The fourth-order valence-corrected chi connectivity index (χ4v) is 2.69. The Kier molecular flexibility index (Phi) is 22.4. The van der Waals surface area contributed by atoms with Crippen LogP contribution in [0.4, 0.5) is 0 Å². The van der Waals surface area contributed by atoms with Crippen molar-refractivity contribution in [3.63, 3.8) is 0 Å². The van der Waals surface area contributed by atoms with Gasteiger partial charge >= 0.3 is 0 Å². The molecule has 23 heavy (non-hydrogen) atoms. The molecule has 0 aliphatic rings. The van der Waals surface area contributed by atoms with Crippen LogP contribution in [0.3, 0.4) is 0 Å². The third-order valence-electron chi connectivity index (χ3n) is 3.52. The molecule has 0 spiro atoms. The highest BCUT2D eigenvalue weighted by atomic mass is 79.9. The summed E-state index contributed by atoms with van der Waals surface area (Å²) in [5.41, 5.74) is 0. The van der Waals surface area contributed by atoms with Crippen LogP contribution in [0, 0.1) is 0 Å². The first-order valence-electron chi connectivity index (χ1n) is 8.57. The molecule has 0 saturated carbocycles. The average molecular weight is 403 g/mol. The molecule has 0 saturated heterocycles. The van der Waals surface area contributed by atoms with E-state index in [1.165, 1.54) is 70.6 Å². The van der Waals surface area contributed by atoms with Crippen molar-refractivity contribution < 1.29 is 35.3 Å². The molecule has 0 aromatic heterocycles. The number of hydrogen-bond acceptors (Lipinski definition) is 7. The zero-order chi connectivity index (χ0) is 16.8. The molecule has 0 atom stereocenters. The van der Waals surface area contributed by atoms with Gasteiger partial charge in [0.05, 0.1) is 6.61 Å². The van der Waals surface area contributed by atoms with Crippen molar-refractivity contribution in [2.24, 2.45) is 0 Å². The second-order valence-corrected chi connectivity index (χ2v) is 6.25. The standard InChI is InChI=1S/C15H31BrO7/c16-14-12-10-8-6-4-2-1-3-5-7-9-11-13-15-18-20-22-23-21-19-17/h17H,1-15H2. The lowest BCUT2D eigenvalue weighted by Crippen LogP contribution is -2.00. The summed E-state index contributed by atoms with van der Waals surface area (Å²) in [7, 11) is 0. The summed E-state index contributed by atoms with van der Waals surface area (Å²) in [6, 6.07) is 0. The SMILES string of the molecule is OOOOOOOCCCCCCCCCCCCCCCBr. The lowest BCUT2D eigenvalue weighted by molar-refractivity contribution is -0.787. The van der Waals surface area contributed by atoms with Gasteiger partial charge in [-0.05, 0) is 38.0 Å². The van der Waals surface area contributed by atoms with E-state index in [9.17, 15) is 0 Å². The van der Waals surface area contributed by atoms with Crippen LogP contribution in [-0.4, -0.2) is 17.2 Å². The zero-order valence-corrected chi connectivity index (χ0v) is 15.5. The lowest BCUT2D eigenvalue weighted by atomic mass is 10.0. The van der Waals surface area contributed by atoms with Crippen LogP contribution in [0.15, 0.2) is 0 Å². The van der Waals surface area contributed by atoms with Gasteiger partial charge in [0, 0.05) is 5.33 Å². The molecule has 0 bridgehead atoms. The fraction of sp³-hybridized carbons (Fsp3) is 1.00. The third-order valence-corrected chi connectivity index (χ3v) is 4.08. The molecule has 1 N–H and O–H groups in total. The number of alkyl halides is 1. The summed E-state index contributed by atoms with van der Waals surface area (Å²) in [4.78, 5) is 4.62. The van der Waals surface area contributed by atoms with Crippen molar-refractivity contribution in [1.29, 1.82) is 0 Å². The Balaban J connectivity index is 2.92. The Bertz CT molecular complexity index is 190. The molecule has 0 unspecified atom stereocenters. The minimum absolute atomic E-state index is 0.401. The normalized spacial score (nSPS) is 11.2. The highest BCUT2D eigenvalue weighted by Crippen LogP contribution is 2.12. The van der Waals surface area contributed by atoms with E-state index in [1.807, 2.05) is 0 Å². The maximum absolute atomic E-state index is 7.68. The van der Waals surface area contributed by atoms with Crippen LogP contribution in [0.2, 0.25) is 0 Å². The van der Waals surface area contributed by atoms with E-state index in [4.69, 9.17) is 5.26 Å². The van der Waals surface area contributed by atoms with E-state index >= 15 is 0 Å². The molecular weight excluding hydrogens is 372 g/mol. The summed E-state index contributed by atoms with van der Waals surface area (Å²) in [5, 5.41) is 27.1. The smallest absolute Gasteiger partial charge is 0.0855 e. The van der Waals surface area contributed by atoms with Gasteiger partial charge in [0.15, 0.2) is 0 Å². The molecule has 140 valence electrons. The molecule has 0 aromatic rings. The molecule has 0 aromatic carbocycles. The third kappa shape index (κ3) is 22.2. The lowest BCUT2D eigenvalue weighted by Gasteiger charge is -2.03. The summed E-state index contributed by atoms with van der Waals surface area (Å²) < 4.78 is 0. The Morgan fingerprint density at radius 3 is 1.43 bits per heavy atom. The second-order valence-electron chi connectivity index (χ2n) is 5.45. The molecule has 0 rings (SSSR count). The van der Waals surface area contributed by atoms with E-state index in [-0.39, 0.29) is 0 Å². The van der Waals surface area contributed by atoms with Crippen LogP contribution in [0.1, 0.15) is 83.5 Å². The molecule has 0 aliphatic heterocycles. The van der Waals surface area contributed by atoms with Crippen LogP contribution in [0.5, 0.6) is 0 Å². The quantitative estimate of drug-likeness (QED) is 0.123. The summed E-state index contributed by atoms with van der Waals surface area (Å²) >= 11 is 3.46. The van der Waals surface area contributed by atoms with Crippen molar-refractivity contribution in [3.8, 4) is 0 Å². The van der Waals surface area contributed by atoms with Gasteiger partial charge < -0.3 is 0 Å². The van der Waals surface area contributed by atoms with E-state index in [0.29, 0.717) is 6.61 Å². The molecule has 8 heteroatoms. The average Bonchev–Trinajstić information content (AvgIpc) is 2.57. The van der Waals surface area contributed by atoms with E-state index < -0.39 is 0 Å². The van der Waals surface area contributed by atoms with Gasteiger partial charge in [-0.25, -0.2) is 10.1 Å². The largest absolute Gasteiger partial charge is 0.219 e. The summed E-state index contributed by atoms with van der Waals surface area (Å²) in [6.45, 7) is 0.401. The Hall–Kier alpha value is 0.200. The van der Waals surface area contributed by atoms with Gasteiger partial charge in [0.2, 0.25) is 0 Å². The topological polar surface area (TPSA) is 75.6 Å². The Morgan fingerprint density at radius 2 is 0.957 bits per heavy atom. The minimum atomic E-state index is 0.401. The van der Waals surface area contributed by atoms with Gasteiger partial charge in [-0.2, -0.15) is 0 Å². The molecule has 0 radical (unpaired) electrons. The van der Waals surface area contributed by atoms with Crippen molar-refractivity contribution >= 4 is 15.9 Å². The molecule has 0 heterocycles. The van der Waals surface area contributed by atoms with Crippen LogP contribution >= 0.6 is 15.9 Å². The predicted molar refractivity (Wildman–Crippen MR) is 87.8 cm³/mol. The molecule has 0 amide bonds. The number of unbranched alkanes of at least 4 members (excludes halogenated alkanes) is 12. The second kappa shape index (κ2) is 22.2. The van der Waals surface area contributed by atoms with Gasteiger partial charge in [0.25, 0.3) is 0 Å². The fourth-order valence-electron chi connectivity index (χ4n) is 2.29.